The Hall–Kier alpha value is -3.69. The lowest BCUT2D eigenvalue weighted by Crippen LogP contribution is -2.49. The smallest absolute Gasteiger partial charge is 0.311 e. The van der Waals surface area contributed by atoms with E-state index in [9.17, 15) is 24.1 Å². The summed E-state index contributed by atoms with van der Waals surface area (Å²) in [6, 6.07) is 8.96. The van der Waals surface area contributed by atoms with E-state index in [4.69, 9.17) is 9.47 Å². The fraction of sp³-hybridized carbons (Fsp3) is 0.364. The second-order valence-corrected chi connectivity index (χ2v) is 6.96. The van der Waals surface area contributed by atoms with Crippen LogP contribution in [-0.4, -0.2) is 47.9 Å². The van der Waals surface area contributed by atoms with Crippen LogP contribution in [0, 0.1) is 15.9 Å². The molecule has 1 atom stereocenters. The molecule has 10 heteroatoms. The summed E-state index contributed by atoms with van der Waals surface area (Å²) in [5, 5.41) is 13.7. The molecule has 0 aliphatic carbocycles. The predicted octanol–water partition coefficient (Wildman–Crippen LogP) is 3.06. The van der Waals surface area contributed by atoms with Crippen molar-refractivity contribution in [1.29, 1.82) is 0 Å². The Morgan fingerprint density at radius 3 is 2.59 bits per heavy atom. The van der Waals surface area contributed by atoms with Crippen LogP contribution in [0.1, 0.15) is 25.8 Å². The summed E-state index contributed by atoms with van der Waals surface area (Å²) < 4.78 is 24.7. The predicted molar refractivity (Wildman–Crippen MR) is 115 cm³/mol. The zero-order valence-corrected chi connectivity index (χ0v) is 18.2. The van der Waals surface area contributed by atoms with E-state index < -0.39 is 29.3 Å². The highest BCUT2D eigenvalue weighted by atomic mass is 19.1. The molecule has 0 heterocycles. The molecule has 2 amide bonds. The number of nitro groups is 1. The van der Waals surface area contributed by atoms with Gasteiger partial charge in [-0.2, -0.15) is 0 Å². The molecule has 0 spiro atoms. The molecule has 0 saturated heterocycles. The molecule has 0 bridgehead atoms. The summed E-state index contributed by atoms with van der Waals surface area (Å²) in [5.74, 6) is -1.25. The van der Waals surface area contributed by atoms with Crippen molar-refractivity contribution in [2.24, 2.45) is 0 Å². The van der Waals surface area contributed by atoms with Gasteiger partial charge in [-0.25, -0.2) is 4.39 Å². The Morgan fingerprint density at radius 1 is 1.25 bits per heavy atom. The zero-order chi connectivity index (χ0) is 23.7. The fourth-order valence-electron chi connectivity index (χ4n) is 2.92. The molecule has 172 valence electrons. The van der Waals surface area contributed by atoms with Crippen molar-refractivity contribution in [3.63, 3.8) is 0 Å². The van der Waals surface area contributed by atoms with E-state index >= 15 is 0 Å². The van der Waals surface area contributed by atoms with Crippen LogP contribution in [-0.2, 0) is 16.1 Å². The Balaban J connectivity index is 2.19. The van der Waals surface area contributed by atoms with Crippen LogP contribution in [0.2, 0.25) is 0 Å². The average molecular weight is 447 g/mol. The summed E-state index contributed by atoms with van der Waals surface area (Å²) in [7, 11) is 1.28. The minimum Gasteiger partial charge on any atom is -0.490 e. The van der Waals surface area contributed by atoms with Gasteiger partial charge in [-0.1, -0.05) is 25.1 Å². The third kappa shape index (κ3) is 6.40. The van der Waals surface area contributed by atoms with Gasteiger partial charge in [0, 0.05) is 30.8 Å². The van der Waals surface area contributed by atoms with Crippen molar-refractivity contribution in [2.45, 2.75) is 32.9 Å². The maximum Gasteiger partial charge on any atom is 0.311 e. The number of carbonyl (C=O) groups is 2. The third-order valence-corrected chi connectivity index (χ3v) is 4.73. The molecule has 2 aromatic rings. The zero-order valence-electron chi connectivity index (χ0n) is 18.2. The Labute approximate surface area is 185 Å². The number of nitrogens with zero attached hydrogens (tertiary/aromatic N) is 2. The molecular weight excluding hydrogens is 421 g/mol. The number of hydrogen-bond acceptors (Lipinski definition) is 6. The molecule has 0 unspecified atom stereocenters. The topological polar surface area (TPSA) is 111 Å². The summed E-state index contributed by atoms with van der Waals surface area (Å²) >= 11 is 0. The van der Waals surface area contributed by atoms with Crippen molar-refractivity contribution < 1.29 is 28.4 Å². The van der Waals surface area contributed by atoms with E-state index in [1.165, 1.54) is 48.4 Å². The highest BCUT2D eigenvalue weighted by Crippen LogP contribution is 2.30. The van der Waals surface area contributed by atoms with Crippen LogP contribution in [0.4, 0.5) is 10.1 Å². The van der Waals surface area contributed by atoms with E-state index in [1.54, 1.807) is 13.0 Å². The van der Waals surface area contributed by atoms with Crippen molar-refractivity contribution >= 4 is 17.5 Å². The largest absolute Gasteiger partial charge is 0.490 e. The normalized spacial score (nSPS) is 11.4. The summed E-state index contributed by atoms with van der Waals surface area (Å²) in [5.41, 5.74) is 0.0153. The number of halogens is 1. The first-order valence-corrected chi connectivity index (χ1v) is 10.0. The van der Waals surface area contributed by atoms with Crippen LogP contribution in [0.15, 0.2) is 42.5 Å². The van der Waals surface area contributed by atoms with Crippen LogP contribution < -0.4 is 14.8 Å². The number of rotatable bonds is 11. The number of carbonyl (C=O) groups excluding carboxylic acids is 2. The van der Waals surface area contributed by atoms with E-state index in [0.29, 0.717) is 6.54 Å². The van der Waals surface area contributed by atoms with Crippen LogP contribution in [0.5, 0.6) is 11.5 Å². The van der Waals surface area contributed by atoms with E-state index in [2.05, 4.69) is 5.32 Å². The maximum absolute atomic E-state index is 14.2. The van der Waals surface area contributed by atoms with Crippen molar-refractivity contribution in [2.75, 3.05) is 20.3 Å². The van der Waals surface area contributed by atoms with Crippen LogP contribution >= 0.6 is 0 Å². The standard InChI is InChI=1S/C22H26FN3O6/c1-4-11-24-22(28)15(2)25(13-16-7-5-6-8-18(16)23)21(27)14-32-17-9-10-19(26(29)30)20(12-17)31-3/h5-10,12,15H,4,11,13-14H2,1-3H3,(H,24,28)/t15-/m0/s1. The van der Waals surface area contributed by atoms with Gasteiger partial charge in [0.25, 0.3) is 5.91 Å². The number of nitro benzene ring substituents is 1. The van der Waals surface area contributed by atoms with Gasteiger partial charge in [-0.3, -0.25) is 19.7 Å². The van der Waals surface area contributed by atoms with Gasteiger partial charge in [0.2, 0.25) is 11.7 Å². The monoisotopic (exact) mass is 447 g/mol. The lowest BCUT2D eigenvalue weighted by molar-refractivity contribution is -0.385. The minimum absolute atomic E-state index is 0.0181. The van der Waals surface area contributed by atoms with Gasteiger partial charge in [-0.15, -0.1) is 0 Å². The van der Waals surface area contributed by atoms with Gasteiger partial charge < -0.3 is 19.7 Å². The Morgan fingerprint density at radius 2 is 1.97 bits per heavy atom. The lowest BCUT2D eigenvalue weighted by atomic mass is 10.1. The average Bonchev–Trinajstić information content (AvgIpc) is 2.79. The minimum atomic E-state index is -0.872. The molecule has 0 fully saturated rings. The molecule has 0 radical (unpaired) electrons. The van der Waals surface area contributed by atoms with E-state index in [0.717, 1.165) is 6.42 Å². The van der Waals surface area contributed by atoms with Crippen molar-refractivity contribution in [1.82, 2.24) is 10.2 Å². The quantitative estimate of drug-likeness (QED) is 0.419. The second kappa shape index (κ2) is 11.6. The van der Waals surface area contributed by atoms with Crippen molar-refractivity contribution in [3.8, 4) is 11.5 Å². The van der Waals surface area contributed by atoms with Crippen LogP contribution in [0.25, 0.3) is 0 Å². The van der Waals surface area contributed by atoms with Gasteiger partial charge >= 0.3 is 5.69 Å². The molecule has 2 aromatic carbocycles. The summed E-state index contributed by atoms with van der Waals surface area (Å²) in [4.78, 5) is 37.1. The van der Waals surface area contributed by atoms with Gasteiger partial charge in [-0.05, 0) is 25.5 Å². The molecule has 0 saturated carbocycles. The van der Waals surface area contributed by atoms with Gasteiger partial charge in [0.05, 0.1) is 12.0 Å². The first kappa shape index (κ1) is 24.6. The number of amides is 2. The van der Waals surface area contributed by atoms with E-state index in [-0.39, 0.29) is 35.2 Å². The Bertz CT molecular complexity index is 968. The third-order valence-electron chi connectivity index (χ3n) is 4.73. The number of nitrogens with one attached hydrogen (secondary N) is 1. The number of ether oxygens (including phenoxy) is 2. The van der Waals surface area contributed by atoms with Crippen molar-refractivity contribution in [3.05, 3.63) is 64.0 Å². The lowest BCUT2D eigenvalue weighted by Gasteiger charge is -2.28. The van der Waals surface area contributed by atoms with E-state index in [1.807, 2.05) is 6.92 Å². The van der Waals surface area contributed by atoms with Gasteiger partial charge in [0.15, 0.2) is 6.61 Å². The first-order chi connectivity index (χ1) is 15.3. The SMILES string of the molecule is CCCNC(=O)[C@H](C)N(Cc1ccccc1F)C(=O)COc1ccc([N+](=O)[O-])c(OC)c1. The molecular formula is C22H26FN3O6. The molecule has 9 nitrogen and oxygen atoms in total. The molecule has 0 aromatic heterocycles. The molecule has 0 aliphatic heterocycles. The van der Waals surface area contributed by atoms with Crippen LogP contribution in [0.3, 0.4) is 0 Å². The molecule has 1 N–H and O–H groups in total. The first-order valence-electron chi connectivity index (χ1n) is 10.0. The fourth-order valence-corrected chi connectivity index (χ4v) is 2.92. The second-order valence-electron chi connectivity index (χ2n) is 6.96. The summed E-state index contributed by atoms with van der Waals surface area (Å²) in [6.45, 7) is 3.32. The maximum atomic E-state index is 14.2. The summed E-state index contributed by atoms with van der Waals surface area (Å²) in [6.07, 6.45) is 0.727. The molecule has 0 aliphatic rings. The Kier molecular flexibility index (Phi) is 8.94. The number of methoxy groups -OCH3 is 1. The number of benzene rings is 2. The molecule has 2 rings (SSSR count). The number of hydrogen-bond donors (Lipinski definition) is 1. The van der Waals surface area contributed by atoms with Gasteiger partial charge in [0.1, 0.15) is 17.6 Å². The highest BCUT2D eigenvalue weighted by Gasteiger charge is 2.27. The molecule has 32 heavy (non-hydrogen) atoms. The highest BCUT2D eigenvalue weighted by molar-refractivity contribution is 5.88.